The fourth-order valence-corrected chi connectivity index (χ4v) is 3.47. The maximum atomic E-state index is 12.4. The number of nitrogen functional groups attached to an aromatic ring is 1. The lowest BCUT2D eigenvalue weighted by atomic mass is 9.88. The Kier molecular flexibility index (Phi) is 3.79. The zero-order valence-corrected chi connectivity index (χ0v) is 12.7. The van der Waals surface area contributed by atoms with E-state index in [-0.39, 0.29) is 17.8 Å². The van der Waals surface area contributed by atoms with Crippen LogP contribution in [0, 0.1) is 0 Å². The van der Waals surface area contributed by atoms with Crippen molar-refractivity contribution in [2.24, 2.45) is 0 Å². The summed E-state index contributed by atoms with van der Waals surface area (Å²) in [7, 11) is 1.76. The number of fused-ring (bicyclic) bond motifs is 1. The summed E-state index contributed by atoms with van der Waals surface area (Å²) in [6.07, 6.45) is 3.12. The van der Waals surface area contributed by atoms with E-state index in [2.05, 4.69) is 27.8 Å². The smallest absolute Gasteiger partial charge is 0.265 e. The maximum Gasteiger partial charge on any atom is 0.265 e. The van der Waals surface area contributed by atoms with Crippen LogP contribution in [0.2, 0.25) is 0 Å². The summed E-state index contributed by atoms with van der Waals surface area (Å²) >= 11 is 1.28. The van der Waals surface area contributed by atoms with Gasteiger partial charge >= 0.3 is 0 Å². The largest absolute Gasteiger partial charge is 0.382 e. The van der Waals surface area contributed by atoms with Gasteiger partial charge in [0.25, 0.3) is 5.91 Å². The zero-order valence-electron chi connectivity index (χ0n) is 11.8. The van der Waals surface area contributed by atoms with Crippen LogP contribution in [0.25, 0.3) is 0 Å². The Bertz CT molecular complexity index is 667. The third-order valence-corrected chi connectivity index (χ3v) is 4.84. The van der Waals surface area contributed by atoms with E-state index in [1.165, 1.54) is 22.5 Å². The van der Waals surface area contributed by atoms with Crippen molar-refractivity contribution < 1.29 is 4.79 Å². The molecule has 1 aromatic heterocycles. The van der Waals surface area contributed by atoms with Crippen molar-refractivity contribution in [2.75, 3.05) is 18.1 Å². The molecule has 0 spiro atoms. The number of aromatic nitrogens is 1. The Morgan fingerprint density at radius 1 is 1.43 bits per heavy atom. The Balaban J connectivity index is 1.81. The van der Waals surface area contributed by atoms with Gasteiger partial charge in [0.15, 0.2) is 5.13 Å². The summed E-state index contributed by atoms with van der Waals surface area (Å²) in [6.45, 7) is 0. The number of benzene rings is 1. The number of carbonyl (C=O) groups is 1. The molecular formula is C15H18N4OS. The minimum Gasteiger partial charge on any atom is -0.382 e. The molecule has 21 heavy (non-hydrogen) atoms. The molecule has 1 aromatic carbocycles. The Morgan fingerprint density at radius 3 is 3.00 bits per heavy atom. The van der Waals surface area contributed by atoms with Crippen LogP contribution in [0.1, 0.15) is 39.7 Å². The number of anilines is 2. The SMILES string of the molecule is CNc1nc(N)c(C(=O)NC2CCCc3ccccc32)s1. The molecule has 1 unspecified atom stereocenters. The van der Waals surface area contributed by atoms with Crippen molar-refractivity contribution in [1.29, 1.82) is 0 Å². The molecule has 0 saturated heterocycles. The van der Waals surface area contributed by atoms with Crippen molar-refractivity contribution in [3.8, 4) is 0 Å². The predicted octanol–water partition coefficient (Wildman–Crippen LogP) is 2.57. The van der Waals surface area contributed by atoms with E-state index >= 15 is 0 Å². The normalized spacial score (nSPS) is 17.1. The molecule has 0 radical (unpaired) electrons. The minimum absolute atomic E-state index is 0.0574. The molecule has 4 N–H and O–H groups in total. The zero-order chi connectivity index (χ0) is 14.8. The second-order valence-electron chi connectivity index (χ2n) is 5.10. The number of nitrogens with one attached hydrogen (secondary N) is 2. The third kappa shape index (κ3) is 2.71. The first-order chi connectivity index (χ1) is 10.2. The number of carbonyl (C=O) groups excluding carboxylic acids is 1. The van der Waals surface area contributed by atoms with E-state index in [4.69, 9.17) is 5.73 Å². The lowest BCUT2D eigenvalue weighted by Crippen LogP contribution is -2.30. The van der Waals surface area contributed by atoms with Gasteiger partial charge in [-0.2, -0.15) is 0 Å². The first-order valence-corrected chi connectivity index (χ1v) is 7.83. The number of nitrogens with zero attached hydrogens (tertiary/aromatic N) is 1. The topological polar surface area (TPSA) is 80.0 Å². The summed E-state index contributed by atoms with van der Waals surface area (Å²) < 4.78 is 0. The summed E-state index contributed by atoms with van der Waals surface area (Å²) in [6, 6.07) is 8.34. The van der Waals surface area contributed by atoms with Crippen molar-refractivity contribution >= 4 is 28.2 Å². The molecule has 0 bridgehead atoms. The van der Waals surface area contributed by atoms with Gasteiger partial charge in [-0.3, -0.25) is 4.79 Å². The highest BCUT2D eigenvalue weighted by molar-refractivity contribution is 7.18. The number of aryl methyl sites for hydroxylation is 1. The first-order valence-electron chi connectivity index (χ1n) is 7.01. The quantitative estimate of drug-likeness (QED) is 0.814. The molecule has 0 aliphatic heterocycles. The van der Waals surface area contributed by atoms with Crippen LogP contribution in [-0.4, -0.2) is 17.9 Å². The highest BCUT2D eigenvalue weighted by Gasteiger charge is 2.24. The van der Waals surface area contributed by atoms with E-state index in [0.29, 0.717) is 10.0 Å². The van der Waals surface area contributed by atoms with Crippen LogP contribution in [0.4, 0.5) is 10.9 Å². The standard InChI is InChI=1S/C15H18N4OS/c1-17-15-19-13(16)12(21-15)14(20)18-11-8-4-6-9-5-2-3-7-10(9)11/h2-3,5,7,11H,4,6,8,16H2,1H3,(H,17,19)(H,18,20). The van der Waals surface area contributed by atoms with Crippen LogP contribution in [-0.2, 0) is 6.42 Å². The van der Waals surface area contributed by atoms with E-state index in [1.807, 2.05) is 12.1 Å². The molecular weight excluding hydrogens is 284 g/mol. The highest BCUT2D eigenvalue weighted by Crippen LogP contribution is 2.31. The van der Waals surface area contributed by atoms with E-state index in [0.717, 1.165) is 19.3 Å². The van der Waals surface area contributed by atoms with E-state index in [1.54, 1.807) is 7.05 Å². The lowest BCUT2D eigenvalue weighted by molar-refractivity contribution is 0.0937. The summed E-state index contributed by atoms with van der Waals surface area (Å²) in [4.78, 5) is 17.0. The second-order valence-corrected chi connectivity index (χ2v) is 6.10. The third-order valence-electron chi connectivity index (χ3n) is 3.75. The Hall–Kier alpha value is -2.08. The van der Waals surface area contributed by atoms with Gasteiger partial charge in [0.1, 0.15) is 10.7 Å². The van der Waals surface area contributed by atoms with Crippen molar-refractivity contribution in [3.63, 3.8) is 0 Å². The molecule has 5 nitrogen and oxygen atoms in total. The maximum absolute atomic E-state index is 12.4. The molecule has 3 rings (SSSR count). The summed E-state index contributed by atoms with van der Waals surface area (Å²) in [5, 5.41) is 6.66. The number of hydrogen-bond acceptors (Lipinski definition) is 5. The monoisotopic (exact) mass is 302 g/mol. The first kappa shape index (κ1) is 13.9. The van der Waals surface area contributed by atoms with Gasteiger partial charge in [0.05, 0.1) is 6.04 Å². The fraction of sp³-hybridized carbons (Fsp3) is 0.333. The van der Waals surface area contributed by atoms with Gasteiger partial charge in [0, 0.05) is 7.05 Å². The van der Waals surface area contributed by atoms with E-state index < -0.39 is 0 Å². The van der Waals surface area contributed by atoms with Gasteiger partial charge < -0.3 is 16.4 Å². The summed E-state index contributed by atoms with van der Waals surface area (Å²) in [5.74, 6) is 0.138. The number of hydrogen-bond donors (Lipinski definition) is 3. The lowest BCUT2D eigenvalue weighted by Gasteiger charge is -2.26. The van der Waals surface area contributed by atoms with Gasteiger partial charge in [-0.25, -0.2) is 4.98 Å². The van der Waals surface area contributed by atoms with Crippen LogP contribution in [0.15, 0.2) is 24.3 Å². The second kappa shape index (κ2) is 5.73. The predicted molar refractivity (Wildman–Crippen MR) is 85.7 cm³/mol. The molecule has 0 fully saturated rings. The number of amides is 1. The molecule has 1 amide bonds. The van der Waals surface area contributed by atoms with Crippen molar-refractivity contribution in [1.82, 2.24) is 10.3 Å². The average Bonchev–Trinajstić information content (AvgIpc) is 2.89. The van der Waals surface area contributed by atoms with E-state index in [9.17, 15) is 4.79 Å². The molecule has 2 aromatic rings. The Labute approximate surface area is 127 Å². The summed E-state index contributed by atoms with van der Waals surface area (Å²) in [5.41, 5.74) is 8.35. The molecule has 1 aliphatic rings. The molecule has 1 aliphatic carbocycles. The van der Waals surface area contributed by atoms with Crippen LogP contribution in [0.5, 0.6) is 0 Å². The van der Waals surface area contributed by atoms with Gasteiger partial charge in [-0.1, -0.05) is 35.6 Å². The fourth-order valence-electron chi connectivity index (χ4n) is 2.73. The number of nitrogens with two attached hydrogens (primary N) is 1. The van der Waals surface area contributed by atoms with Crippen molar-refractivity contribution in [3.05, 3.63) is 40.3 Å². The molecule has 1 heterocycles. The van der Waals surface area contributed by atoms with Crippen LogP contribution >= 0.6 is 11.3 Å². The van der Waals surface area contributed by atoms with Crippen LogP contribution < -0.4 is 16.4 Å². The molecule has 110 valence electrons. The van der Waals surface area contributed by atoms with Gasteiger partial charge in [0.2, 0.25) is 0 Å². The van der Waals surface area contributed by atoms with Crippen molar-refractivity contribution in [2.45, 2.75) is 25.3 Å². The molecule has 0 saturated carbocycles. The molecule has 1 atom stereocenters. The number of thiazole rings is 1. The van der Waals surface area contributed by atoms with Gasteiger partial charge in [-0.15, -0.1) is 0 Å². The number of rotatable bonds is 3. The highest BCUT2D eigenvalue weighted by atomic mass is 32.1. The Morgan fingerprint density at radius 2 is 2.24 bits per heavy atom. The minimum atomic E-state index is -0.145. The average molecular weight is 302 g/mol. The van der Waals surface area contributed by atoms with Gasteiger partial charge in [-0.05, 0) is 30.4 Å². The molecule has 6 heteroatoms. The van der Waals surface area contributed by atoms with Crippen LogP contribution in [0.3, 0.4) is 0 Å².